The summed E-state index contributed by atoms with van der Waals surface area (Å²) in [7, 11) is 1.71. The van der Waals surface area contributed by atoms with Gasteiger partial charge in [0.05, 0.1) is 12.0 Å². The van der Waals surface area contributed by atoms with E-state index < -0.39 is 0 Å². The summed E-state index contributed by atoms with van der Waals surface area (Å²) in [6.45, 7) is 5.55. The molecule has 104 valence electrons. The molecular weight excluding hydrogens is 228 g/mol. The highest BCUT2D eigenvalue weighted by atomic mass is 16.5. The summed E-state index contributed by atoms with van der Waals surface area (Å²) in [5.41, 5.74) is -0.266. The molecule has 18 heavy (non-hydrogen) atoms. The Bertz CT molecular complexity index is 282. The van der Waals surface area contributed by atoms with E-state index in [1.807, 2.05) is 0 Å². The summed E-state index contributed by atoms with van der Waals surface area (Å²) in [4.78, 5) is 15.0. The minimum absolute atomic E-state index is 0.266. The largest absolute Gasteiger partial charge is 0.384 e. The van der Waals surface area contributed by atoms with Gasteiger partial charge in [-0.25, -0.2) is 0 Å². The van der Waals surface area contributed by atoms with Crippen LogP contribution in [0.15, 0.2) is 0 Å². The molecule has 4 nitrogen and oxygen atoms in total. The standard InChI is InChI=1S/C14H26N2O2/c1-3-12-5-4-10-16(12)13(17)14(11-18-2)6-8-15-9-7-14/h12,15H,3-11H2,1-2H3. The smallest absolute Gasteiger partial charge is 0.231 e. The molecule has 2 rings (SSSR count). The van der Waals surface area contributed by atoms with Gasteiger partial charge >= 0.3 is 0 Å². The normalized spacial score (nSPS) is 27.4. The van der Waals surface area contributed by atoms with Gasteiger partial charge in [0, 0.05) is 19.7 Å². The molecular formula is C14H26N2O2. The molecule has 2 saturated heterocycles. The zero-order valence-electron chi connectivity index (χ0n) is 11.7. The lowest BCUT2D eigenvalue weighted by molar-refractivity contribution is -0.148. The Balaban J connectivity index is 2.12. The number of nitrogens with one attached hydrogen (secondary N) is 1. The molecule has 2 fully saturated rings. The SMILES string of the molecule is CCC1CCCN1C(=O)C1(COC)CCNCC1. The maximum atomic E-state index is 12.9. The molecule has 1 unspecified atom stereocenters. The Hall–Kier alpha value is -0.610. The molecule has 0 saturated carbocycles. The lowest BCUT2D eigenvalue weighted by atomic mass is 9.78. The highest BCUT2D eigenvalue weighted by Crippen LogP contribution is 2.34. The predicted octanol–water partition coefficient (Wildman–Crippen LogP) is 1.40. The first-order valence-electron chi connectivity index (χ1n) is 7.24. The van der Waals surface area contributed by atoms with Crippen molar-refractivity contribution in [2.24, 2.45) is 5.41 Å². The number of amides is 1. The van der Waals surface area contributed by atoms with Gasteiger partial charge in [0.1, 0.15) is 0 Å². The molecule has 0 aromatic carbocycles. The van der Waals surface area contributed by atoms with Crippen LogP contribution in [0, 0.1) is 5.41 Å². The molecule has 1 atom stereocenters. The molecule has 0 aliphatic carbocycles. The van der Waals surface area contributed by atoms with E-state index in [1.54, 1.807) is 7.11 Å². The van der Waals surface area contributed by atoms with Crippen LogP contribution in [0.1, 0.15) is 39.0 Å². The van der Waals surface area contributed by atoms with Crippen LogP contribution >= 0.6 is 0 Å². The summed E-state index contributed by atoms with van der Waals surface area (Å²) >= 11 is 0. The molecule has 2 aliphatic rings. The zero-order valence-corrected chi connectivity index (χ0v) is 11.7. The van der Waals surface area contributed by atoms with Crippen molar-refractivity contribution in [3.05, 3.63) is 0 Å². The maximum absolute atomic E-state index is 12.9. The number of ether oxygens (including phenoxy) is 1. The molecule has 4 heteroatoms. The van der Waals surface area contributed by atoms with Crippen LogP contribution in [0.5, 0.6) is 0 Å². The summed E-state index contributed by atoms with van der Waals surface area (Å²) in [6, 6.07) is 0.459. The number of hydrogen-bond acceptors (Lipinski definition) is 3. The van der Waals surface area contributed by atoms with Crippen molar-refractivity contribution < 1.29 is 9.53 Å². The highest BCUT2D eigenvalue weighted by Gasteiger charge is 2.44. The van der Waals surface area contributed by atoms with Crippen molar-refractivity contribution >= 4 is 5.91 Å². The third-order valence-corrected chi connectivity index (χ3v) is 4.54. The molecule has 2 aliphatic heterocycles. The summed E-state index contributed by atoms with van der Waals surface area (Å²) in [5, 5.41) is 3.34. The van der Waals surface area contributed by atoms with E-state index in [2.05, 4.69) is 17.1 Å². The average Bonchev–Trinajstić information content (AvgIpc) is 2.87. The first-order valence-corrected chi connectivity index (χ1v) is 7.24. The van der Waals surface area contributed by atoms with Crippen LogP contribution in [-0.4, -0.2) is 50.2 Å². The highest BCUT2D eigenvalue weighted by molar-refractivity contribution is 5.83. The van der Waals surface area contributed by atoms with Gasteiger partial charge in [-0.15, -0.1) is 0 Å². The molecule has 0 radical (unpaired) electrons. The molecule has 2 heterocycles. The fourth-order valence-corrected chi connectivity index (χ4v) is 3.43. The van der Waals surface area contributed by atoms with Gasteiger partial charge in [-0.05, 0) is 45.2 Å². The van der Waals surface area contributed by atoms with Crippen LogP contribution in [0.25, 0.3) is 0 Å². The van der Waals surface area contributed by atoms with Crippen LogP contribution < -0.4 is 5.32 Å². The molecule has 1 amide bonds. The quantitative estimate of drug-likeness (QED) is 0.824. The van der Waals surface area contributed by atoms with Crippen molar-refractivity contribution in [3.8, 4) is 0 Å². The topological polar surface area (TPSA) is 41.6 Å². The number of piperidine rings is 1. The summed E-state index contributed by atoms with van der Waals surface area (Å²) < 4.78 is 5.36. The third kappa shape index (κ3) is 2.54. The molecule has 0 aromatic rings. The van der Waals surface area contributed by atoms with Gasteiger partial charge < -0.3 is 15.0 Å². The number of hydrogen-bond donors (Lipinski definition) is 1. The van der Waals surface area contributed by atoms with E-state index in [0.717, 1.165) is 45.3 Å². The second kappa shape index (κ2) is 6.02. The van der Waals surface area contributed by atoms with Gasteiger partial charge in [0.2, 0.25) is 5.91 Å². The van der Waals surface area contributed by atoms with E-state index in [-0.39, 0.29) is 5.41 Å². The van der Waals surface area contributed by atoms with Crippen molar-refractivity contribution in [1.29, 1.82) is 0 Å². The second-order valence-corrected chi connectivity index (χ2v) is 5.67. The Morgan fingerprint density at radius 3 is 2.78 bits per heavy atom. The van der Waals surface area contributed by atoms with E-state index in [4.69, 9.17) is 4.74 Å². The van der Waals surface area contributed by atoms with Crippen molar-refractivity contribution in [1.82, 2.24) is 10.2 Å². The number of rotatable bonds is 4. The first-order chi connectivity index (χ1) is 8.73. The number of likely N-dealkylation sites (tertiary alicyclic amines) is 1. The summed E-state index contributed by atoms with van der Waals surface area (Å²) in [6.07, 6.45) is 5.22. The van der Waals surface area contributed by atoms with E-state index in [1.165, 1.54) is 6.42 Å². The van der Waals surface area contributed by atoms with Crippen LogP contribution in [0.3, 0.4) is 0 Å². The monoisotopic (exact) mass is 254 g/mol. The Kier molecular flexibility index (Phi) is 4.62. The zero-order chi connectivity index (χ0) is 13.0. The summed E-state index contributed by atoms with van der Waals surface area (Å²) in [5.74, 6) is 0.343. The van der Waals surface area contributed by atoms with Crippen molar-refractivity contribution in [2.45, 2.75) is 45.1 Å². The predicted molar refractivity (Wildman–Crippen MR) is 71.4 cm³/mol. The molecule has 1 N–H and O–H groups in total. The lowest BCUT2D eigenvalue weighted by Gasteiger charge is -2.40. The Labute approximate surface area is 110 Å². The maximum Gasteiger partial charge on any atom is 0.231 e. The van der Waals surface area contributed by atoms with Gasteiger partial charge in [0.15, 0.2) is 0 Å². The second-order valence-electron chi connectivity index (χ2n) is 5.67. The first kappa shape index (κ1) is 13.8. The van der Waals surface area contributed by atoms with Crippen LogP contribution in [-0.2, 0) is 9.53 Å². The van der Waals surface area contributed by atoms with Gasteiger partial charge in [-0.3, -0.25) is 4.79 Å². The number of carbonyl (C=O) groups excluding carboxylic acids is 1. The Morgan fingerprint density at radius 1 is 1.44 bits per heavy atom. The number of methoxy groups -OCH3 is 1. The fraction of sp³-hybridized carbons (Fsp3) is 0.929. The van der Waals surface area contributed by atoms with Gasteiger partial charge in [-0.1, -0.05) is 6.92 Å². The number of nitrogens with zero attached hydrogens (tertiary/aromatic N) is 1. The molecule has 0 spiro atoms. The van der Waals surface area contributed by atoms with Crippen molar-refractivity contribution in [3.63, 3.8) is 0 Å². The average molecular weight is 254 g/mol. The van der Waals surface area contributed by atoms with E-state index >= 15 is 0 Å². The number of carbonyl (C=O) groups is 1. The minimum atomic E-state index is -0.266. The molecule has 0 aromatic heterocycles. The Morgan fingerprint density at radius 2 is 2.17 bits per heavy atom. The van der Waals surface area contributed by atoms with Crippen molar-refractivity contribution in [2.75, 3.05) is 33.4 Å². The van der Waals surface area contributed by atoms with Crippen LogP contribution in [0.4, 0.5) is 0 Å². The third-order valence-electron chi connectivity index (χ3n) is 4.54. The molecule has 0 bridgehead atoms. The lowest BCUT2D eigenvalue weighted by Crippen LogP contribution is -2.52. The van der Waals surface area contributed by atoms with E-state index in [0.29, 0.717) is 18.6 Å². The van der Waals surface area contributed by atoms with Gasteiger partial charge in [0.25, 0.3) is 0 Å². The fourth-order valence-electron chi connectivity index (χ4n) is 3.43. The van der Waals surface area contributed by atoms with E-state index in [9.17, 15) is 4.79 Å². The van der Waals surface area contributed by atoms with Gasteiger partial charge in [-0.2, -0.15) is 0 Å². The van der Waals surface area contributed by atoms with Crippen LogP contribution in [0.2, 0.25) is 0 Å². The minimum Gasteiger partial charge on any atom is -0.384 e.